The van der Waals surface area contributed by atoms with Crippen molar-refractivity contribution in [2.24, 2.45) is 0 Å². The summed E-state index contributed by atoms with van der Waals surface area (Å²) >= 11 is 0. The third kappa shape index (κ3) is 5.41. The lowest BCUT2D eigenvalue weighted by Gasteiger charge is -2.30. The molecular weight excluding hydrogens is 530 g/mol. The highest BCUT2D eigenvalue weighted by Crippen LogP contribution is 2.30. The van der Waals surface area contributed by atoms with Crippen LogP contribution >= 0.6 is 0 Å². The van der Waals surface area contributed by atoms with E-state index in [0.29, 0.717) is 65.6 Å². The van der Waals surface area contributed by atoms with Crippen molar-refractivity contribution in [2.45, 2.75) is 46.0 Å². The number of carboxylic acid groups (broad SMARTS) is 1. The van der Waals surface area contributed by atoms with Gasteiger partial charge in [-0.05, 0) is 39.0 Å². The lowest BCUT2D eigenvalue weighted by molar-refractivity contribution is -0.153. The number of nitrogens with one attached hydrogen (secondary N) is 2. The van der Waals surface area contributed by atoms with E-state index >= 15 is 0 Å². The van der Waals surface area contributed by atoms with Crippen LogP contribution < -0.4 is 15.5 Å². The highest BCUT2D eigenvalue weighted by atomic mass is 16.6. The van der Waals surface area contributed by atoms with E-state index in [-0.39, 0.29) is 12.5 Å². The number of nitrogens with zero attached hydrogens (tertiary/aromatic N) is 7. The molecule has 0 fully saturated rings. The summed E-state index contributed by atoms with van der Waals surface area (Å²) in [4.78, 5) is 39.6. The molecule has 1 aliphatic heterocycles. The second kappa shape index (κ2) is 10.2. The fourth-order valence-electron chi connectivity index (χ4n) is 4.82. The minimum absolute atomic E-state index is 0.102. The van der Waals surface area contributed by atoms with Crippen LogP contribution in [-0.2, 0) is 29.2 Å². The normalized spacial score (nSPS) is 13.5. The van der Waals surface area contributed by atoms with E-state index in [4.69, 9.17) is 14.1 Å². The highest BCUT2D eigenvalue weighted by Gasteiger charge is 2.25. The van der Waals surface area contributed by atoms with Gasteiger partial charge in [-0.1, -0.05) is 0 Å². The molecule has 4 aromatic heterocycles. The molecule has 0 unspecified atom stereocenters. The van der Waals surface area contributed by atoms with Gasteiger partial charge in [-0.3, -0.25) is 10.1 Å². The molecule has 212 valence electrons. The SMILES string of the molecule is CC(C)(C)OC(=O)CNCc1ncc2n1CCN(c1nc(Nc3ccc4cnn(C(=O)O)c4c3)nc3ccoc13)C2. The summed E-state index contributed by atoms with van der Waals surface area (Å²) in [6.07, 6.45) is 3.74. The Labute approximate surface area is 233 Å². The van der Waals surface area contributed by atoms with Gasteiger partial charge in [-0.15, -0.1) is 0 Å². The van der Waals surface area contributed by atoms with Gasteiger partial charge in [0.1, 0.15) is 16.9 Å². The van der Waals surface area contributed by atoms with Crippen molar-refractivity contribution in [2.75, 3.05) is 23.3 Å². The number of carbonyl (C=O) groups excluding carboxylic acids is 1. The summed E-state index contributed by atoms with van der Waals surface area (Å²) in [6, 6.07) is 7.07. The molecule has 5 aromatic rings. The molecule has 14 nitrogen and oxygen atoms in total. The molecule has 0 atom stereocenters. The number of anilines is 3. The Morgan fingerprint density at radius 2 is 2.00 bits per heavy atom. The van der Waals surface area contributed by atoms with Crippen molar-refractivity contribution in [3.63, 3.8) is 0 Å². The molecule has 6 rings (SSSR count). The van der Waals surface area contributed by atoms with Gasteiger partial charge in [0.25, 0.3) is 0 Å². The number of imidazole rings is 1. The predicted molar refractivity (Wildman–Crippen MR) is 149 cm³/mol. The van der Waals surface area contributed by atoms with Crippen molar-refractivity contribution in [3.05, 3.63) is 54.4 Å². The van der Waals surface area contributed by atoms with Gasteiger partial charge in [0.15, 0.2) is 11.4 Å². The first-order valence-corrected chi connectivity index (χ1v) is 13.1. The van der Waals surface area contributed by atoms with Gasteiger partial charge in [0.2, 0.25) is 5.95 Å². The Bertz CT molecular complexity index is 1760. The Hall–Kier alpha value is -4.98. The van der Waals surface area contributed by atoms with E-state index < -0.39 is 11.7 Å². The van der Waals surface area contributed by atoms with Crippen molar-refractivity contribution >= 4 is 51.5 Å². The average molecular weight is 560 g/mol. The minimum Gasteiger partial charge on any atom is -0.463 e. The number of ether oxygens (including phenoxy) is 1. The van der Waals surface area contributed by atoms with Gasteiger partial charge < -0.3 is 29.0 Å². The summed E-state index contributed by atoms with van der Waals surface area (Å²) in [5, 5.41) is 20.3. The average Bonchev–Trinajstić information content (AvgIpc) is 3.65. The molecule has 0 radical (unpaired) electrons. The zero-order valence-electron chi connectivity index (χ0n) is 22.8. The molecule has 0 spiro atoms. The van der Waals surface area contributed by atoms with E-state index in [1.54, 1.807) is 24.5 Å². The van der Waals surface area contributed by atoms with E-state index in [1.807, 2.05) is 33.0 Å². The minimum atomic E-state index is -1.16. The maximum atomic E-state index is 12.0. The molecule has 0 amide bonds. The van der Waals surface area contributed by atoms with Gasteiger partial charge in [0.05, 0.1) is 49.5 Å². The number of aromatic nitrogens is 6. The van der Waals surface area contributed by atoms with Crippen LogP contribution in [0.15, 0.2) is 47.3 Å². The van der Waals surface area contributed by atoms with E-state index in [2.05, 4.69) is 35.2 Å². The summed E-state index contributed by atoms with van der Waals surface area (Å²) in [6.45, 7) is 7.93. The van der Waals surface area contributed by atoms with Crippen LogP contribution in [0.3, 0.4) is 0 Å². The summed E-state index contributed by atoms with van der Waals surface area (Å²) in [5.74, 6) is 1.52. The van der Waals surface area contributed by atoms with Crippen LogP contribution in [0.4, 0.5) is 22.2 Å². The standard InChI is InChI=1S/C27H29N9O5/c1-27(2,3)41-22(37)14-28-13-21-29-12-18-15-34(7-8-35(18)21)24-23-19(6-9-40-23)32-25(33-24)31-17-5-4-16-11-30-36(26(38)39)20(16)10-17/h4-6,9-12,28H,7-8,13-15H2,1-3H3,(H,38,39)(H,31,32,33). The second-order valence-electron chi connectivity index (χ2n) is 10.7. The molecule has 3 N–H and O–H groups in total. The molecule has 14 heteroatoms. The molecule has 0 bridgehead atoms. The molecule has 1 aromatic carbocycles. The Morgan fingerprint density at radius 1 is 1.15 bits per heavy atom. The fraction of sp³-hybridized carbons (Fsp3) is 0.333. The second-order valence-corrected chi connectivity index (χ2v) is 10.7. The van der Waals surface area contributed by atoms with Crippen LogP contribution in [0.5, 0.6) is 0 Å². The van der Waals surface area contributed by atoms with Crippen LogP contribution in [0.25, 0.3) is 22.0 Å². The van der Waals surface area contributed by atoms with Crippen molar-refractivity contribution in [1.82, 2.24) is 34.6 Å². The molecular formula is C27H29N9O5. The first-order valence-electron chi connectivity index (χ1n) is 13.1. The zero-order chi connectivity index (χ0) is 28.7. The number of furan rings is 1. The van der Waals surface area contributed by atoms with Gasteiger partial charge in [0, 0.05) is 30.2 Å². The van der Waals surface area contributed by atoms with Gasteiger partial charge in [-0.2, -0.15) is 14.8 Å². The topological polar surface area (TPSA) is 165 Å². The summed E-state index contributed by atoms with van der Waals surface area (Å²) < 4.78 is 14.2. The first kappa shape index (κ1) is 26.3. The number of hydrogen-bond donors (Lipinski definition) is 3. The summed E-state index contributed by atoms with van der Waals surface area (Å²) in [7, 11) is 0. The van der Waals surface area contributed by atoms with Crippen LogP contribution in [0, 0.1) is 0 Å². The summed E-state index contributed by atoms with van der Waals surface area (Å²) in [5.41, 5.74) is 2.76. The van der Waals surface area contributed by atoms with Crippen molar-refractivity contribution in [3.8, 4) is 0 Å². The Morgan fingerprint density at radius 3 is 2.80 bits per heavy atom. The zero-order valence-corrected chi connectivity index (χ0v) is 22.8. The molecule has 0 aliphatic carbocycles. The number of fused-ring (bicyclic) bond motifs is 3. The maximum absolute atomic E-state index is 12.0. The van der Waals surface area contributed by atoms with Crippen molar-refractivity contribution < 1.29 is 23.8 Å². The highest BCUT2D eigenvalue weighted by molar-refractivity contribution is 5.90. The largest absolute Gasteiger partial charge is 0.463 e. The van der Waals surface area contributed by atoms with Gasteiger partial charge >= 0.3 is 12.1 Å². The molecule has 5 heterocycles. The van der Waals surface area contributed by atoms with Crippen LogP contribution in [0.2, 0.25) is 0 Å². The number of esters is 1. The van der Waals surface area contributed by atoms with Crippen molar-refractivity contribution in [1.29, 1.82) is 0 Å². The fourth-order valence-corrected chi connectivity index (χ4v) is 4.82. The third-order valence-corrected chi connectivity index (χ3v) is 6.53. The lowest BCUT2D eigenvalue weighted by Crippen LogP contribution is -2.36. The Kier molecular flexibility index (Phi) is 6.53. The van der Waals surface area contributed by atoms with Crippen LogP contribution in [-0.4, -0.2) is 65.2 Å². The first-order chi connectivity index (χ1) is 19.6. The smallest absolute Gasteiger partial charge is 0.432 e. The van der Waals surface area contributed by atoms with E-state index in [1.165, 1.54) is 6.20 Å². The third-order valence-electron chi connectivity index (χ3n) is 6.53. The Balaban J connectivity index is 1.19. The van der Waals surface area contributed by atoms with E-state index in [9.17, 15) is 14.7 Å². The molecule has 0 saturated carbocycles. The number of benzene rings is 1. The monoisotopic (exact) mass is 559 g/mol. The number of rotatable bonds is 7. The number of hydrogen-bond acceptors (Lipinski definition) is 11. The molecule has 1 aliphatic rings. The molecule has 41 heavy (non-hydrogen) atoms. The molecule has 0 saturated heterocycles. The quantitative estimate of drug-likeness (QED) is 0.249. The maximum Gasteiger partial charge on any atom is 0.432 e. The van der Waals surface area contributed by atoms with E-state index in [0.717, 1.165) is 16.2 Å². The van der Waals surface area contributed by atoms with Gasteiger partial charge in [-0.25, -0.2) is 14.8 Å². The predicted octanol–water partition coefficient (Wildman–Crippen LogP) is 3.49. The lowest BCUT2D eigenvalue weighted by atomic mass is 10.2. The van der Waals surface area contributed by atoms with Crippen LogP contribution in [0.1, 0.15) is 32.3 Å². The number of carbonyl (C=O) groups is 2.